The number of hydrogen-bond donors (Lipinski definition) is 1. The van der Waals surface area contributed by atoms with Crippen LogP contribution in [0, 0.1) is 0 Å². The van der Waals surface area contributed by atoms with Crippen LogP contribution in [0.15, 0.2) is 77.6 Å². The second-order valence-corrected chi connectivity index (χ2v) is 7.83. The number of carbonyl (C=O) groups is 2. The van der Waals surface area contributed by atoms with Crippen molar-refractivity contribution in [3.8, 4) is 5.69 Å². The smallest absolute Gasteiger partial charge is 0.265 e. The normalized spacial score (nSPS) is 14.2. The summed E-state index contributed by atoms with van der Waals surface area (Å²) in [6.07, 6.45) is 2.23. The molecule has 32 heavy (non-hydrogen) atoms. The molecule has 5 rings (SSSR count). The van der Waals surface area contributed by atoms with Gasteiger partial charge >= 0.3 is 0 Å². The molecule has 3 aromatic carbocycles. The molecule has 2 heterocycles. The number of para-hydroxylation sites is 3. The number of rotatable bonds is 0. The van der Waals surface area contributed by atoms with Gasteiger partial charge in [0.2, 0.25) is 0 Å². The number of amides is 1. The first-order valence-corrected chi connectivity index (χ1v) is 10.7. The summed E-state index contributed by atoms with van der Waals surface area (Å²) in [5.74, 6) is 0.182. The molecule has 0 fully saturated rings. The molecule has 1 N–H and O–H groups in total. The molecule has 0 radical (unpaired) electrons. The minimum Gasteiger partial charge on any atom is -0.321 e. The number of aromatic nitrogens is 2. The number of nitrogens with zero attached hydrogens (tertiary/aromatic N) is 2. The first-order chi connectivity index (χ1) is 15.6. The van der Waals surface area contributed by atoms with Gasteiger partial charge < -0.3 is 5.32 Å². The highest BCUT2D eigenvalue weighted by Gasteiger charge is 2.21. The van der Waals surface area contributed by atoms with E-state index < -0.39 is 0 Å². The van der Waals surface area contributed by atoms with E-state index in [9.17, 15) is 14.4 Å². The molecule has 0 saturated carbocycles. The van der Waals surface area contributed by atoms with Crippen LogP contribution in [0.3, 0.4) is 0 Å². The first kappa shape index (κ1) is 19.9. The number of benzene rings is 3. The van der Waals surface area contributed by atoms with Crippen molar-refractivity contribution in [3.05, 3.63) is 100 Å². The Balaban J connectivity index is 1.74. The monoisotopic (exact) mass is 423 g/mol. The van der Waals surface area contributed by atoms with Gasteiger partial charge in [-0.3, -0.25) is 19.0 Å². The second-order valence-electron chi connectivity index (χ2n) is 7.83. The largest absolute Gasteiger partial charge is 0.321 e. The molecule has 0 atom stereocenters. The Bertz CT molecular complexity index is 1420. The van der Waals surface area contributed by atoms with Gasteiger partial charge in [-0.05, 0) is 49.2 Å². The maximum atomic E-state index is 13.5. The van der Waals surface area contributed by atoms with E-state index in [4.69, 9.17) is 4.98 Å². The van der Waals surface area contributed by atoms with Gasteiger partial charge in [0, 0.05) is 18.4 Å². The van der Waals surface area contributed by atoms with E-state index in [1.165, 1.54) is 0 Å². The van der Waals surface area contributed by atoms with Crippen molar-refractivity contribution in [2.45, 2.75) is 25.7 Å². The van der Waals surface area contributed by atoms with Crippen molar-refractivity contribution >= 4 is 28.3 Å². The predicted octanol–water partition coefficient (Wildman–Crippen LogP) is 4.55. The number of fused-ring (bicyclic) bond motifs is 5. The fraction of sp³-hybridized carbons (Fsp3) is 0.154. The summed E-state index contributed by atoms with van der Waals surface area (Å²) in [6, 6.07) is 21.2. The number of anilines is 1. The van der Waals surface area contributed by atoms with Gasteiger partial charge in [0.25, 0.3) is 11.5 Å². The minimum atomic E-state index is -0.383. The summed E-state index contributed by atoms with van der Waals surface area (Å²) in [5.41, 5.74) is 2.20. The van der Waals surface area contributed by atoms with E-state index in [0.717, 1.165) is 0 Å². The van der Waals surface area contributed by atoms with Gasteiger partial charge in [0.1, 0.15) is 5.82 Å². The van der Waals surface area contributed by atoms with Crippen LogP contribution in [0.2, 0.25) is 0 Å². The van der Waals surface area contributed by atoms with Gasteiger partial charge in [-0.2, -0.15) is 0 Å². The third-order valence-corrected chi connectivity index (χ3v) is 5.76. The zero-order valence-corrected chi connectivity index (χ0v) is 17.4. The standard InChI is InChI=1S/C26H21N3O3/c30-23-15-7-8-16-24-27-21-13-5-2-10-18(21)26(32)29(24)22-14-6-3-11-19(22)25(31)28-20-12-4-1-9-17(20)23/h1-6,9-14H,7-8,15-16H2,(H,28,31). The molecule has 4 aromatic rings. The number of aryl methyl sites for hydroxylation is 1. The third kappa shape index (κ3) is 3.50. The summed E-state index contributed by atoms with van der Waals surface area (Å²) in [5, 5.41) is 3.37. The number of ketones is 1. The van der Waals surface area contributed by atoms with Gasteiger partial charge in [-0.25, -0.2) is 4.98 Å². The zero-order chi connectivity index (χ0) is 22.1. The van der Waals surface area contributed by atoms with E-state index in [1.54, 1.807) is 65.2 Å². The van der Waals surface area contributed by atoms with Crippen molar-refractivity contribution in [2.75, 3.05) is 5.32 Å². The number of Topliss-reactive ketones (excluding diaryl/α,β-unsaturated/α-hetero) is 1. The first-order valence-electron chi connectivity index (χ1n) is 10.7. The molecule has 158 valence electrons. The van der Waals surface area contributed by atoms with E-state index in [1.807, 2.05) is 12.1 Å². The molecule has 0 aliphatic carbocycles. The molecule has 1 aliphatic heterocycles. The lowest BCUT2D eigenvalue weighted by Crippen LogP contribution is -2.26. The van der Waals surface area contributed by atoms with Crippen molar-refractivity contribution in [1.82, 2.24) is 9.55 Å². The Morgan fingerprint density at radius 3 is 2.31 bits per heavy atom. The maximum absolute atomic E-state index is 13.5. The highest BCUT2D eigenvalue weighted by molar-refractivity contribution is 6.11. The van der Waals surface area contributed by atoms with Crippen LogP contribution in [0.25, 0.3) is 16.6 Å². The van der Waals surface area contributed by atoms with E-state index in [-0.39, 0.29) is 17.2 Å². The Labute approximate surface area is 184 Å². The molecule has 1 aromatic heterocycles. The molecule has 6 heteroatoms. The molecular formula is C26H21N3O3. The second kappa shape index (κ2) is 8.23. The van der Waals surface area contributed by atoms with Gasteiger partial charge in [0.05, 0.1) is 27.8 Å². The lowest BCUT2D eigenvalue weighted by atomic mass is 10.0. The van der Waals surface area contributed by atoms with E-state index in [2.05, 4.69) is 5.32 Å². The molecule has 6 nitrogen and oxygen atoms in total. The highest BCUT2D eigenvalue weighted by Crippen LogP contribution is 2.23. The van der Waals surface area contributed by atoms with Gasteiger partial charge in [-0.15, -0.1) is 0 Å². The Morgan fingerprint density at radius 1 is 0.750 bits per heavy atom. The quantitative estimate of drug-likeness (QED) is 0.450. The number of nitrogens with one attached hydrogen (secondary N) is 1. The van der Waals surface area contributed by atoms with Crippen molar-refractivity contribution in [2.24, 2.45) is 0 Å². The van der Waals surface area contributed by atoms with Crippen molar-refractivity contribution in [3.63, 3.8) is 0 Å². The molecule has 0 spiro atoms. The van der Waals surface area contributed by atoms with Crippen LogP contribution in [-0.2, 0) is 6.42 Å². The van der Waals surface area contributed by atoms with Crippen molar-refractivity contribution < 1.29 is 9.59 Å². The van der Waals surface area contributed by atoms with Crippen LogP contribution in [0.4, 0.5) is 5.69 Å². The molecule has 0 unspecified atom stereocenters. The Hall–Kier alpha value is -4.06. The lowest BCUT2D eigenvalue weighted by Gasteiger charge is -2.17. The molecule has 1 amide bonds. The van der Waals surface area contributed by atoms with Gasteiger partial charge in [0.15, 0.2) is 5.78 Å². The summed E-state index contributed by atoms with van der Waals surface area (Å²) >= 11 is 0. The molecular weight excluding hydrogens is 402 g/mol. The third-order valence-electron chi connectivity index (χ3n) is 5.76. The van der Waals surface area contributed by atoms with Crippen molar-refractivity contribution in [1.29, 1.82) is 0 Å². The van der Waals surface area contributed by atoms with Crippen LogP contribution in [0.1, 0.15) is 45.8 Å². The Morgan fingerprint density at radius 2 is 1.44 bits per heavy atom. The summed E-state index contributed by atoms with van der Waals surface area (Å²) < 4.78 is 1.54. The molecule has 0 saturated heterocycles. The maximum Gasteiger partial charge on any atom is 0.265 e. The van der Waals surface area contributed by atoms with Crippen LogP contribution >= 0.6 is 0 Å². The summed E-state index contributed by atoms with van der Waals surface area (Å²) in [4.78, 5) is 44.4. The van der Waals surface area contributed by atoms with E-state index in [0.29, 0.717) is 64.9 Å². The number of hydrogen-bond acceptors (Lipinski definition) is 4. The van der Waals surface area contributed by atoms with Crippen LogP contribution < -0.4 is 10.9 Å². The highest BCUT2D eigenvalue weighted by atomic mass is 16.2. The fourth-order valence-electron chi connectivity index (χ4n) is 4.18. The zero-order valence-electron chi connectivity index (χ0n) is 17.4. The lowest BCUT2D eigenvalue weighted by molar-refractivity contribution is 0.0980. The summed E-state index contributed by atoms with van der Waals surface area (Å²) in [6.45, 7) is 0. The molecule has 1 aliphatic rings. The van der Waals surface area contributed by atoms with Gasteiger partial charge in [-0.1, -0.05) is 36.4 Å². The topological polar surface area (TPSA) is 81.1 Å². The minimum absolute atomic E-state index is 0.0164. The fourth-order valence-corrected chi connectivity index (χ4v) is 4.18. The average Bonchev–Trinajstić information content (AvgIpc) is 2.82. The Kier molecular flexibility index (Phi) is 5.11. The average molecular weight is 423 g/mol. The van der Waals surface area contributed by atoms with Crippen LogP contribution in [0.5, 0.6) is 0 Å². The summed E-state index contributed by atoms with van der Waals surface area (Å²) in [7, 11) is 0. The SMILES string of the molecule is O=C1CCCCc2nc3ccccc3c(=O)n2-c2ccccc2C(=O)Nc2ccccc21. The predicted molar refractivity (Wildman–Crippen MR) is 124 cm³/mol. The van der Waals surface area contributed by atoms with Crippen LogP contribution in [-0.4, -0.2) is 21.2 Å². The molecule has 0 bridgehead atoms. The number of carbonyl (C=O) groups excluding carboxylic acids is 2. The van der Waals surface area contributed by atoms with E-state index >= 15 is 0 Å².